The molecule has 0 aromatic heterocycles. The van der Waals surface area contributed by atoms with Crippen molar-refractivity contribution >= 4 is 26.8 Å². The number of piperidine rings is 1. The van der Waals surface area contributed by atoms with Crippen LogP contribution >= 0.6 is 0 Å². The predicted octanol–water partition coefficient (Wildman–Crippen LogP) is 3.81. The number of hydrogen-bond acceptors (Lipinski definition) is 6. The molecule has 1 fully saturated rings. The standard InChI is InChI=1S/C26H33N5O4S/c1-19-8-5-6-15-30(19)26(32)31(18-20-9-7-12-23(16-20)25(27)29(2)33)28-36(34,35)24-14-13-21-10-3-4-11-22(21)17-24/h3-4,7,9-14,16-17,19,25,28,33H,5-6,8,15,18,27H2,1-2H3. The number of carbonyl (C=O) groups is 1. The van der Waals surface area contributed by atoms with Crippen LogP contribution in [-0.2, 0) is 16.6 Å². The number of hydrazine groups is 1. The molecule has 1 saturated heterocycles. The van der Waals surface area contributed by atoms with E-state index in [1.165, 1.54) is 13.1 Å². The van der Waals surface area contributed by atoms with Crippen LogP contribution < -0.4 is 10.6 Å². The molecule has 0 spiro atoms. The molecule has 2 amide bonds. The third-order valence-electron chi connectivity index (χ3n) is 6.58. The molecule has 0 saturated carbocycles. The van der Waals surface area contributed by atoms with Gasteiger partial charge in [0.25, 0.3) is 10.0 Å². The van der Waals surface area contributed by atoms with Crippen molar-refractivity contribution < 1.29 is 18.4 Å². The number of nitrogens with two attached hydrogens (primary N) is 1. The average Bonchev–Trinajstić information content (AvgIpc) is 2.87. The number of benzene rings is 3. The maximum absolute atomic E-state index is 13.6. The van der Waals surface area contributed by atoms with Gasteiger partial charge in [-0.3, -0.25) is 0 Å². The van der Waals surface area contributed by atoms with Crippen LogP contribution in [0.4, 0.5) is 4.79 Å². The van der Waals surface area contributed by atoms with Crippen LogP contribution in [-0.4, -0.2) is 54.3 Å². The van der Waals surface area contributed by atoms with E-state index in [9.17, 15) is 18.4 Å². The highest BCUT2D eigenvalue weighted by atomic mass is 32.2. The molecular formula is C26H33N5O4S. The van der Waals surface area contributed by atoms with Crippen LogP contribution in [0.1, 0.15) is 43.5 Å². The second kappa shape index (κ2) is 10.9. The van der Waals surface area contributed by atoms with Crippen molar-refractivity contribution in [3.05, 3.63) is 77.9 Å². The Balaban J connectivity index is 1.65. The second-order valence-electron chi connectivity index (χ2n) is 9.27. The second-order valence-corrected chi connectivity index (χ2v) is 10.9. The Morgan fingerprint density at radius 1 is 1.11 bits per heavy atom. The molecule has 2 unspecified atom stereocenters. The van der Waals surface area contributed by atoms with Crippen LogP contribution in [0.15, 0.2) is 71.6 Å². The summed E-state index contributed by atoms with van der Waals surface area (Å²) in [5.41, 5.74) is 7.33. The zero-order valence-electron chi connectivity index (χ0n) is 20.5. The van der Waals surface area contributed by atoms with Gasteiger partial charge in [-0.25, -0.2) is 18.2 Å². The molecule has 9 nitrogen and oxygen atoms in total. The van der Waals surface area contributed by atoms with E-state index < -0.39 is 22.2 Å². The molecule has 3 aromatic carbocycles. The summed E-state index contributed by atoms with van der Waals surface area (Å²) >= 11 is 0. The Kier molecular flexibility index (Phi) is 7.91. The quantitative estimate of drug-likeness (QED) is 0.328. The van der Waals surface area contributed by atoms with E-state index >= 15 is 0 Å². The molecule has 0 bridgehead atoms. The number of sulfonamides is 1. The van der Waals surface area contributed by atoms with Gasteiger partial charge in [0, 0.05) is 19.6 Å². The molecule has 192 valence electrons. The Hall–Kier alpha value is -3.02. The lowest BCUT2D eigenvalue weighted by molar-refractivity contribution is -0.102. The van der Waals surface area contributed by atoms with E-state index in [0.717, 1.165) is 40.1 Å². The Morgan fingerprint density at radius 2 is 1.86 bits per heavy atom. The highest BCUT2D eigenvalue weighted by molar-refractivity contribution is 7.89. The summed E-state index contributed by atoms with van der Waals surface area (Å²) in [6.07, 6.45) is 2.01. The van der Waals surface area contributed by atoms with Gasteiger partial charge in [0.05, 0.1) is 11.4 Å². The lowest BCUT2D eigenvalue weighted by atomic mass is 10.0. The normalized spacial score (nSPS) is 17.4. The van der Waals surface area contributed by atoms with Gasteiger partial charge in [0.2, 0.25) is 0 Å². The first-order valence-corrected chi connectivity index (χ1v) is 13.5. The summed E-state index contributed by atoms with van der Waals surface area (Å²) in [4.78, 5) is 17.9. The summed E-state index contributed by atoms with van der Waals surface area (Å²) < 4.78 is 26.9. The van der Waals surface area contributed by atoms with Gasteiger partial charge in [-0.1, -0.05) is 54.6 Å². The van der Waals surface area contributed by atoms with Crippen LogP contribution in [0.3, 0.4) is 0 Å². The van der Waals surface area contributed by atoms with E-state index in [0.29, 0.717) is 17.7 Å². The minimum absolute atomic E-state index is 0.00159. The molecular weight excluding hydrogens is 478 g/mol. The zero-order valence-corrected chi connectivity index (χ0v) is 21.4. The summed E-state index contributed by atoms with van der Waals surface area (Å²) in [6.45, 7) is 2.53. The van der Waals surface area contributed by atoms with E-state index in [-0.39, 0.29) is 17.5 Å². The summed E-state index contributed by atoms with van der Waals surface area (Å²) in [5.74, 6) is 0. The van der Waals surface area contributed by atoms with Crippen molar-refractivity contribution in [1.29, 1.82) is 0 Å². The van der Waals surface area contributed by atoms with Gasteiger partial charge in [0.1, 0.15) is 6.17 Å². The fourth-order valence-electron chi connectivity index (χ4n) is 4.48. The van der Waals surface area contributed by atoms with Crippen molar-refractivity contribution in [2.24, 2.45) is 5.73 Å². The minimum Gasteiger partial charge on any atom is -0.321 e. The number of hydroxylamine groups is 2. The molecule has 4 N–H and O–H groups in total. The third kappa shape index (κ3) is 5.85. The lowest BCUT2D eigenvalue weighted by Gasteiger charge is -2.37. The van der Waals surface area contributed by atoms with Gasteiger partial charge in [-0.05, 0) is 60.2 Å². The van der Waals surface area contributed by atoms with E-state index in [4.69, 9.17) is 5.73 Å². The third-order valence-corrected chi connectivity index (χ3v) is 7.91. The van der Waals surface area contributed by atoms with Crippen molar-refractivity contribution in [3.8, 4) is 0 Å². The Labute approximate surface area is 212 Å². The smallest absolute Gasteiger partial charge is 0.321 e. The van der Waals surface area contributed by atoms with Crippen molar-refractivity contribution in [2.75, 3.05) is 13.6 Å². The number of hydrogen-bond donors (Lipinski definition) is 3. The highest BCUT2D eigenvalue weighted by Gasteiger charge is 2.31. The van der Waals surface area contributed by atoms with Crippen LogP contribution in [0.25, 0.3) is 10.8 Å². The number of amides is 2. The van der Waals surface area contributed by atoms with Crippen LogP contribution in [0.5, 0.6) is 0 Å². The van der Waals surface area contributed by atoms with Crippen molar-refractivity contribution in [2.45, 2.75) is 49.8 Å². The van der Waals surface area contributed by atoms with Gasteiger partial charge in [-0.2, -0.15) is 5.06 Å². The Bertz CT molecular complexity index is 1330. The minimum atomic E-state index is -4.06. The first-order valence-electron chi connectivity index (χ1n) is 12.0. The topological polar surface area (TPSA) is 119 Å². The molecule has 10 heteroatoms. The lowest BCUT2D eigenvalue weighted by Crippen LogP contribution is -2.54. The highest BCUT2D eigenvalue weighted by Crippen LogP contribution is 2.22. The fourth-order valence-corrected chi connectivity index (χ4v) is 5.55. The first-order chi connectivity index (χ1) is 17.2. The molecule has 0 radical (unpaired) electrons. The van der Waals surface area contributed by atoms with Gasteiger partial charge in [-0.15, -0.1) is 4.83 Å². The van der Waals surface area contributed by atoms with Crippen molar-refractivity contribution in [3.63, 3.8) is 0 Å². The van der Waals surface area contributed by atoms with Gasteiger partial charge >= 0.3 is 6.03 Å². The van der Waals surface area contributed by atoms with Crippen LogP contribution in [0.2, 0.25) is 0 Å². The number of rotatable bonds is 7. The van der Waals surface area contributed by atoms with E-state index in [1.54, 1.807) is 41.3 Å². The number of likely N-dealkylation sites (tertiary alicyclic amines) is 1. The fraction of sp³-hybridized carbons (Fsp3) is 0.346. The average molecular weight is 512 g/mol. The number of urea groups is 1. The van der Waals surface area contributed by atoms with Crippen LogP contribution in [0, 0.1) is 0 Å². The molecule has 3 aromatic rings. The molecule has 1 aliphatic heterocycles. The predicted molar refractivity (Wildman–Crippen MR) is 138 cm³/mol. The van der Waals surface area contributed by atoms with Crippen molar-refractivity contribution in [1.82, 2.24) is 19.8 Å². The maximum atomic E-state index is 13.6. The monoisotopic (exact) mass is 511 g/mol. The molecule has 0 aliphatic carbocycles. The number of fused-ring (bicyclic) bond motifs is 1. The SMILES string of the molecule is CC1CCCCN1C(=O)N(Cc1cccc(C(N)N(C)O)c1)NS(=O)(=O)c1ccc2ccccc2c1. The summed E-state index contributed by atoms with van der Waals surface area (Å²) in [6, 6.07) is 19.0. The van der Waals surface area contributed by atoms with Gasteiger partial charge < -0.3 is 15.8 Å². The zero-order chi connectivity index (χ0) is 25.9. The first kappa shape index (κ1) is 26.1. The molecule has 36 heavy (non-hydrogen) atoms. The Morgan fingerprint density at radius 3 is 2.58 bits per heavy atom. The van der Waals surface area contributed by atoms with Gasteiger partial charge in [0.15, 0.2) is 0 Å². The summed E-state index contributed by atoms with van der Waals surface area (Å²) in [5, 5.41) is 13.5. The largest absolute Gasteiger partial charge is 0.335 e. The summed E-state index contributed by atoms with van der Waals surface area (Å²) in [7, 11) is -2.61. The number of carbonyl (C=O) groups excluding carboxylic acids is 1. The number of nitrogens with zero attached hydrogens (tertiary/aromatic N) is 3. The molecule has 1 aliphatic rings. The molecule has 4 rings (SSSR count). The van der Waals surface area contributed by atoms with E-state index in [2.05, 4.69) is 4.83 Å². The van der Waals surface area contributed by atoms with E-state index in [1.807, 2.05) is 31.2 Å². The maximum Gasteiger partial charge on any atom is 0.335 e. The molecule has 1 heterocycles. The molecule has 2 atom stereocenters. The number of nitrogens with one attached hydrogen (secondary N) is 1.